The number of carbonyl (C=O) groups is 2. The van der Waals surface area contributed by atoms with Crippen molar-refractivity contribution in [3.63, 3.8) is 0 Å². The van der Waals surface area contributed by atoms with Crippen molar-refractivity contribution in [2.45, 2.75) is 13.1 Å². The summed E-state index contributed by atoms with van der Waals surface area (Å²) in [5.74, 6) is 0. The number of H-pyrrole nitrogens is 1. The van der Waals surface area contributed by atoms with Gasteiger partial charge < -0.3 is 25.3 Å². The largest absolute Gasteiger partial charge is 0.453 e. The standard InChI is InChI=1S/C22H26N6O3/c1-31-22(30)28-10-8-27(9-11-28)15-19-12-16-4-2-5-17(20(16)25-19)13-24-21(29)26-18-6-3-7-23-14-18/h2-7,12,14,25H,8-11,13,15H2,1H3,(H2,24,26,29). The normalized spacial score (nSPS) is 14.4. The van der Waals surface area contributed by atoms with Crippen molar-refractivity contribution in [2.24, 2.45) is 0 Å². The number of urea groups is 1. The van der Waals surface area contributed by atoms with Crippen LogP contribution in [0.25, 0.3) is 10.9 Å². The second-order valence-corrected chi connectivity index (χ2v) is 7.46. The Balaban J connectivity index is 1.36. The average Bonchev–Trinajstić information content (AvgIpc) is 3.21. The van der Waals surface area contributed by atoms with Crippen LogP contribution in [0.1, 0.15) is 11.3 Å². The first kappa shape index (κ1) is 20.7. The molecule has 0 bridgehead atoms. The molecule has 1 fully saturated rings. The second kappa shape index (κ2) is 9.48. The molecule has 0 radical (unpaired) electrons. The smallest absolute Gasteiger partial charge is 0.409 e. The fraction of sp³-hybridized carbons (Fsp3) is 0.318. The molecule has 9 nitrogen and oxygen atoms in total. The van der Waals surface area contributed by atoms with E-state index in [0.29, 0.717) is 25.3 Å². The van der Waals surface area contributed by atoms with Crippen molar-refractivity contribution in [3.05, 3.63) is 60.0 Å². The first-order valence-corrected chi connectivity index (χ1v) is 10.2. The molecule has 3 N–H and O–H groups in total. The van der Waals surface area contributed by atoms with Gasteiger partial charge in [0.1, 0.15) is 0 Å². The third kappa shape index (κ3) is 5.13. The van der Waals surface area contributed by atoms with E-state index in [1.165, 1.54) is 7.11 Å². The third-order valence-corrected chi connectivity index (χ3v) is 5.36. The molecule has 3 amide bonds. The number of pyridine rings is 1. The number of nitrogens with zero attached hydrogens (tertiary/aromatic N) is 3. The van der Waals surface area contributed by atoms with E-state index in [9.17, 15) is 9.59 Å². The summed E-state index contributed by atoms with van der Waals surface area (Å²) in [6, 6.07) is 11.5. The average molecular weight is 422 g/mol. The number of fused-ring (bicyclic) bond motifs is 1. The van der Waals surface area contributed by atoms with Gasteiger partial charge in [0.05, 0.1) is 24.5 Å². The second-order valence-electron chi connectivity index (χ2n) is 7.46. The zero-order valence-corrected chi connectivity index (χ0v) is 17.4. The lowest BCUT2D eigenvalue weighted by Gasteiger charge is -2.33. The van der Waals surface area contributed by atoms with Crippen LogP contribution in [-0.4, -0.2) is 65.2 Å². The molecule has 9 heteroatoms. The minimum atomic E-state index is -0.278. The van der Waals surface area contributed by atoms with Crippen LogP contribution < -0.4 is 10.6 Å². The maximum Gasteiger partial charge on any atom is 0.409 e. The molecular formula is C22H26N6O3. The highest BCUT2D eigenvalue weighted by molar-refractivity contribution is 5.89. The van der Waals surface area contributed by atoms with E-state index in [4.69, 9.17) is 4.74 Å². The van der Waals surface area contributed by atoms with Gasteiger partial charge in [-0.25, -0.2) is 9.59 Å². The highest BCUT2D eigenvalue weighted by atomic mass is 16.5. The van der Waals surface area contributed by atoms with Crippen molar-refractivity contribution in [1.82, 2.24) is 25.1 Å². The molecule has 2 aromatic heterocycles. The summed E-state index contributed by atoms with van der Waals surface area (Å²) in [7, 11) is 1.41. The van der Waals surface area contributed by atoms with E-state index in [2.05, 4.69) is 37.6 Å². The van der Waals surface area contributed by atoms with Crippen LogP contribution in [-0.2, 0) is 17.8 Å². The van der Waals surface area contributed by atoms with E-state index in [1.54, 1.807) is 29.4 Å². The highest BCUT2D eigenvalue weighted by Crippen LogP contribution is 2.21. The number of carbonyl (C=O) groups excluding carboxylic acids is 2. The first-order chi connectivity index (χ1) is 15.1. The summed E-state index contributed by atoms with van der Waals surface area (Å²) in [5, 5.41) is 6.77. The Morgan fingerprint density at radius 2 is 2.00 bits per heavy atom. The van der Waals surface area contributed by atoms with E-state index in [-0.39, 0.29) is 12.1 Å². The van der Waals surface area contributed by atoms with Crippen molar-refractivity contribution in [2.75, 3.05) is 38.6 Å². The summed E-state index contributed by atoms with van der Waals surface area (Å²) in [6.07, 6.45) is 2.99. The van der Waals surface area contributed by atoms with E-state index in [0.717, 1.165) is 41.8 Å². The van der Waals surface area contributed by atoms with Gasteiger partial charge in [-0.3, -0.25) is 9.88 Å². The number of rotatable bonds is 5. The third-order valence-electron chi connectivity index (χ3n) is 5.36. The van der Waals surface area contributed by atoms with Crippen LogP contribution in [0.2, 0.25) is 0 Å². The van der Waals surface area contributed by atoms with E-state index < -0.39 is 0 Å². The van der Waals surface area contributed by atoms with Gasteiger partial charge in [-0.15, -0.1) is 0 Å². The fourth-order valence-corrected chi connectivity index (χ4v) is 3.76. The first-order valence-electron chi connectivity index (χ1n) is 10.2. The number of para-hydroxylation sites is 1. The molecule has 1 saturated heterocycles. The molecule has 0 aliphatic carbocycles. The van der Waals surface area contributed by atoms with Gasteiger partial charge in [0.15, 0.2) is 0 Å². The predicted octanol–water partition coefficient (Wildman–Crippen LogP) is 2.77. The molecule has 3 aromatic rings. The van der Waals surface area contributed by atoms with Crippen molar-refractivity contribution >= 4 is 28.7 Å². The summed E-state index contributed by atoms with van der Waals surface area (Å²) in [6.45, 7) is 4.10. The lowest BCUT2D eigenvalue weighted by Crippen LogP contribution is -2.48. The molecule has 4 rings (SSSR count). The Morgan fingerprint density at radius 1 is 1.16 bits per heavy atom. The van der Waals surface area contributed by atoms with Crippen molar-refractivity contribution in [1.29, 1.82) is 0 Å². The lowest BCUT2D eigenvalue weighted by atomic mass is 10.1. The van der Waals surface area contributed by atoms with Crippen LogP contribution in [0.15, 0.2) is 48.8 Å². The molecular weight excluding hydrogens is 396 g/mol. The van der Waals surface area contributed by atoms with Crippen molar-refractivity contribution < 1.29 is 14.3 Å². The molecule has 1 aliphatic heterocycles. The quantitative estimate of drug-likeness (QED) is 0.587. The van der Waals surface area contributed by atoms with Gasteiger partial charge in [-0.05, 0) is 23.8 Å². The molecule has 1 aliphatic rings. The van der Waals surface area contributed by atoms with Gasteiger partial charge in [-0.1, -0.05) is 18.2 Å². The number of aromatic amines is 1. The van der Waals surface area contributed by atoms with Crippen LogP contribution in [0.4, 0.5) is 15.3 Å². The van der Waals surface area contributed by atoms with Crippen LogP contribution in [0, 0.1) is 0 Å². The van der Waals surface area contributed by atoms with Gasteiger partial charge in [0.2, 0.25) is 0 Å². The number of anilines is 1. The minimum absolute atomic E-state index is 0.269. The number of nitrogens with one attached hydrogen (secondary N) is 3. The number of methoxy groups -OCH3 is 1. The molecule has 31 heavy (non-hydrogen) atoms. The minimum Gasteiger partial charge on any atom is -0.453 e. The molecule has 162 valence electrons. The number of hydrogen-bond acceptors (Lipinski definition) is 5. The lowest BCUT2D eigenvalue weighted by molar-refractivity contribution is 0.0886. The van der Waals surface area contributed by atoms with Gasteiger partial charge in [-0.2, -0.15) is 0 Å². The Labute approximate surface area is 180 Å². The molecule has 0 unspecified atom stereocenters. The highest BCUT2D eigenvalue weighted by Gasteiger charge is 2.21. The van der Waals surface area contributed by atoms with E-state index >= 15 is 0 Å². The number of amides is 3. The summed E-state index contributed by atoms with van der Waals surface area (Å²) in [4.78, 5) is 35.3. The number of aromatic nitrogens is 2. The summed E-state index contributed by atoms with van der Waals surface area (Å²) in [5.41, 5.74) is 3.79. The van der Waals surface area contributed by atoms with Gasteiger partial charge >= 0.3 is 12.1 Å². The number of hydrogen-bond donors (Lipinski definition) is 3. The number of ether oxygens (including phenoxy) is 1. The predicted molar refractivity (Wildman–Crippen MR) is 118 cm³/mol. The fourth-order valence-electron chi connectivity index (χ4n) is 3.76. The van der Waals surface area contributed by atoms with Crippen LogP contribution >= 0.6 is 0 Å². The molecule has 0 atom stereocenters. The van der Waals surface area contributed by atoms with Gasteiger partial charge in [0.25, 0.3) is 0 Å². The maximum atomic E-state index is 12.2. The van der Waals surface area contributed by atoms with Gasteiger partial charge in [0, 0.05) is 56.5 Å². The Morgan fingerprint density at radius 3 is 2.74 bits per heavy atom. The van der Waals surface area contributed by atoms with Crippen molar-refractivity contribution in [3.8, 4) is 0 Å². The van der Waals surface area contributed by atoms with Crippen LogP contribution in [0.3, 0.4) is 0 Å². The van der Waals surface area contributed by atoms with Crippen LogP contribution in [0.5, 0.6) is 0 Å². The molecule has 0 saturated carbocycles. The zero-order valence-electron chi connectivity index (χ0n) is 17.4. The Bertz CT molecular complexity index is 1040. The Kier molecular flexibility index (Phi) is 6.32. The SMILES string of the molecule is COC(=O)N1CCN(Cc2cc3cccc(CNC(=O)Nc4cccnc4)c3[nH]2)CC1. The molecule has 1 aromatic carbocycles. The monoisotopic (exact) mass is 422 g/mol. The van der Waals surface area contributed by atoms with E-state index in [1.807, 2.05) is 12.1 Å². The molecule has 0 spiro atoms. The molecule has 3 heterocycles. The summed E-state index contributed by atoms with van der Waals surface area (Å²) < 4.78 is 4.79. The zero-order chi connectivity index (χ0) is 21.6. The topological polar surface area (TPSA) is 103 Å². The number of piperazine rings is 1. The maximum absolute atomic E-state index is 12.2. The number of benzene rings is 1. The summed E-state index contributed by atoms with van der Waals surface area (Å²) >= 11 is 0. The Hall–Kier alpha value is -3.59.